The molecule has 0 aliphatic carbocycles. The van der Waals surface area contributed by atoms with Gasteiger partial charge in [0.2, 0.25) is 5.95 Å². The number of nitrogen functional groups attached to an aromatic ring is 1. The van der Waals surface area contributed by atoms with E-state index < -0.39 is 0 Å². The van der Waals surface area contributed by atoms with Crippen LogP contribution in [-0.4, -0.2) is 16.7 Å². The molecule has 2 aromatic rings. The molecule has 74 valence electrons. The summed E-state index contributed by atoms with van der Waals surface area (Å²) < 4.78 is 7.11. The minimum atomic E-state index is 0.552. The largest absolute Gasteiger partial charge is 0.497 e. The Morgan fingerprint density at radius 3 is 2.93 bits per heavy atom. The Hall–Kier alpha value is -1.71. The average Bonchev–Trinajstić information content (AvgIpc) is 2.52. The maximum absolute atomic E-state index is 5.77. The first-order valence-electron chi connectivity index (χ1n) is 4.56. The molecular weight excluding hydrogens is 178 g/mol. The number of benzene rings is 1. The van der Waals surface area contributed by atoms with E-state index >= 15 is 0 Å². The lowest BCUT2D eigenvalue weighted by Gasteiger charge is -2.02. The standard InChI is InChI=1S/C10H13N3O/c1-3-13-9-6-7(14-2)4-5-8(9)12-10(13)11/h4-6H,3H2,1-2H3,(H2,11,12). The fraction of sp³-hybridized carbons (Fsp3) is 0.300. The zero-order valence-electron chi connectivity index (χ0n) is 8.32. The van der Waals surface area contributed by atoms with Crippen molar-refractivity contribution < 1.29 is 4.74 Å². The van der Waals surface area contributed by atoms with E-state index in [0.29, 0.717) is 5.95 Å². The van der Waals surface area contributed by atoms with Crippen molar-refractivity contribution in [2.24, 2.45) is 0 Å². The number of aryl methyl sites for hydroxylation is 1. The molecule has 0 spiro atoms. The number of aromatic nitrogens is 2. The molecule has 0 radical (unpaired) electrons. The van der Waals surface area contributed by atoms with E-state index in [1.165, 1.54) is 0 Å². The molecule has 2 rings (SSSR count). The smallest absolute Gasteiger partial charge is 0.201 e. The Kier molecular flexibility index (Phi) is 2.04. The van der Waals surface area contributed by atoms with Gasteiger partial charge in [-0.3, -0.25) is 0 Å². The number of hydrogen-bond donors (Lipinski definition) is 1. The van der Waals surface area contributed by atoms with Crippen LogP contribution in [0.5, 0.6) is 5.75 Å². The Balaban J connectivity index is 2.71. The number of hydrogen-bond acceptors (Lipinski definition) is 3. The van der Waals surface area contributed by atoms with Gasteiger partial charge >= 0.3 is 0 Å². The van der Waals surface area contributed by atoms with Gasteiger partial charge in [0.05, 0.1) is 18.1 Å². The van der Waals surface area contributed by atoms with Crippen LogP contribution in [0.25, 0.3) is 11.0 Å². The van der Waals surface area contributed by atoms with Gasteiger partial charge in [0.15, 0.2) is 0 Å². The molecule has 14 heavy (non-hydrogen) atoms. The van der Waals surface area contributed by atoms with Gasteiger partial charge in [-0.1, -0.05) is 0 Å². The summed E-state index contributed by atoms with van der Waals surface area (Å²) in [6, 6.07) is 5.74. The number of nitrogens with two attached hydrogens (primary N) is 1. The summed E-state index contributed by atoms with van der Waals surface area (Å²) in [6.07, 6.45) is 0. The predicted molar refractivity (Wildman–Crippen MR) is 56.4 cm³/mol. The van der Waals surface area contributed by atoms with Crippen LogP contribution < -0.4 is 10.5 Å². The molecule has 1 aromatic heterocycles. The van der Waals surface area contributed by atoms with Crippen LogP contribution >= 0.6 is 0 Å². The highest BCUT2D eigenvalue weighted by atomic mass is 16.5. The van der Waals surface area contributed by atoms with E-state index in [9.17, 15) is 0 Å². The Labute approximate surface area is 82.3 Å². The lowest BCUT2D eigenvalue weighted by atomic mass is 10.3. The highest BCUT2D eigenvalue weighted by molar-refractivity contribution is 5.79. The van der Waals surface area contributed by atoms with Crippen molar-refractivity contribution >= 4 is 17.0 Å². The van der Waals surface area contributed by atoms with Crippen molar-refractivity contribution in [3.8, 4) is 5.75 Å². The van der Waals surface area contributed by atoms with Crippen molar-refractivity contribution in [2.45, 2.75) is 13.5 Å². The van der Waals surface area contributed by atoms with Crippen LogP contribution in [0, 0.1) is 0 Å². The van der Waals surface area contributed by atoms with Crippen molar-refractivity contribution in [1.82, 2.24) is 9.55 Å². The molecule has 4 nitrogen and oxygen atoms in total. The van der Waals surface area contributed by atoms with Crippen molar-refractivity contribution in [2.75, 3.05) is 12.8 Å². The first-order valence-corrected chi connectivity index (χ1v) is 4.56. The lowest BCUT2D eigenvalue weighted by molar-refractivity contribution is 0.415. The maximum atomic E-state index is 5.77. The number of rotatable bonds is 2. The van der Waals surface area contributed by atoms with Crippen LogP contribution in [0.15, 0.2) is 18.2 Å². The normalized spacial score (nSPS) is 10.7. The van der Waals surface area contributed by atoms with Crippen LogP contribution in [0.2, 0.25) is 0 Å². The van der Waals surface area contributed by atoms with Crippen molar-refractivity contribution in [1.29, 1.82) is 0 Å². The van der Waals surface area contributed by atoms with Gasteiger partial charge < -0.3 is 15.0 Å². The minimum Gasteiger partial charge on any atom is -0.497 e. The molecule has 0 amide bonds. The van der Waals surface area contributed by atoms with Gasteiger partial charge in [-0.05, 0) is 19.1 Å². The van der Waals surface area contributed by atoms with Gasteiger partial charge in [-0.2, -0.15) is 0 Å². The lowest BCUT2D eigenvalue weighted by Crippen LogP contribution is -2.00. The van der Waals surface area contributed by atoms with Gasteiger partial charge in [0.25, 0.3) is 0 Å². The molecule has 1 heterocycles. The topological polar surface area (TPSA) is 53.1 Å². The molecule has 0 aliphatic rings. The van der Waals surface area contributed by atoms with E-state index in [0.717, 1.165) is 23.3 Å². The average molecular weight is 191 g/mol. The second-order valence-electron chi connectivity index (χ2n) is 3.07. The first-order chi connectivity index (χ1) is 6.76. The van der Waals surface area contributed by atoms with Gasteiger partial charge in [0, 0.05) is 12.6 Å². The third-order valence-electron chi connectivity index (χ3n) is 2.30. The predicted octanol–water partition coefficient (Wildman–Crippen LogP) is 1.65. The van der Waals surface area contributed by atoms with Crippen LogP contribution in [0.1, 0.15) is 6.92 Å². The van der Waals surface area contributed by atoms with Crippen molar-refractivity contribution in [3.63, 3.8) is 0 Å². The Morgan fingerprint density at radius 2 is 2.29 bits per heavy atom. The second-order valence-corrected chi connectivity index (χ2v) is 3.07. The summed E-state index contributed by atoms with van der Waals surface area (Å²) in [5.41, 5.74) is 7.69. The highest BCUT2D eigenvalue weighted by Gasteiger charge is 2.06. The first kappa shape index (κ1) is 8.87. The number of nitrogens with zero attached hydrogens (tertiary/aromatic N) is 2. The summed E-state index contributed by atoms with van der Waals surface area (Å²) in [7, 11) is 1.65. The van der Waals surface area contributed by atoms with Gasteiger partial charge in [-0.15, -0.1) is 0 Å². The maximum Gasteiger partial charge on any atom is 0.201 e. The van der Waals surface area contributed by atoms with Gasteiger partial charge in [0.1, 0.15) is 5.75 Å². The fourth-order valence-corrected chi connectivity index (χ4v) is 1.58. The summed E-state index contributed by atoms with van der Waals surface area (Å²) >= 11 is 0. The molecule has 0 atom stereocenters. The SMILES string of the molecule is CCn1c(N)nc2ccc(OC)cc21. The zero-order valence-corrected chi connectivity index (χ0v) is 8.32. The summed E-state index contributed by atoms with van der Waals surface area (Å²) in [5.74, 6) is 1.38. The van der Waals surface area contributed by atoms with E-state index in [2.05, 4.69) is 4.98 Å². The number of fused-ring (bicyclic) bond motifs is 1. The zero-order chi connectivity index (χ0) is 10.1. The Morgan fingerprint density at radius 1 is 1.50 bits per heavy atom. The van der Waals surface area contributed by atoms with Crippen LogP contribution in [-0.2, 0) is 6.54 Å². The summed E-state index contributed by atoms with van der Waals surface area (Å²) in [6.45, 7) is 2.85. The molecule has 1 aromatic carbocycles. The monoisotopic (exact) mass is 191 g/mol. The molecule has 0 saturated heterocycles. The number of methoxy groups -OCH3 is 1. The molecule has 4 heteroatoms. The van der Waals surface area contributed by atoms with E-state index in [-0.39, 0.29) is 0 Å². The summed E-state index contributed by atoms with van der Waals surface area (Å²) in [5, 5.41) is 0. The van der Waals surface area contributed by atoms with E-state index in [1.54, 1.807) is 7.11 Å². The van der Waals surface area contributed by atoms with Crippen molar-refractivity contribution in [3.05, 3.63) is 18.2 Å². The molecule has 2 N–H and O–H groups in total. The quantitative estimate of drug-likeness (QED) is 0.785. The number of anilines is 1. The second kappa shape index (κ2) is 3.21. The molecule has 0 fully saturated rings. The number of ether oxygens (including phenoxy) is 1. The molecule has 0 saturated carbocycles. The van der Waals surface area contributed by atoms with Crippen LogP contribution in [0.3, 0.4) is 0 Å². The van der Waals surface area contributed by atoms with Crippen LogP contribution in [0.4, 0.5) is 5.95 Å². The third-order valence-corrected chi connectivity index (χ3v) is 2.30. The highest BCUT2D eigenvalue weighted by Crippen LogP contribution is 2.22. The summed E-state index contributed by atoms with van der Waals surface area (Å²) in [4.78, 5) is 4.24. The van der Waals surface area contributed by atoms with Gasteiger partial charge in [-0.25, -0.2) is 4.98 Å². The molecule has 0 unspecified atom stereocenters. The minimum absolute atomic E-state index is 0.552. The van der Waals surface area contributed by atoms with E-state index in [1.807, 2.05) is 29.7 Å². The Bertz CT molecular complexity index is 462. The molecule has 0 bridgehead atoms. The third kappa shape index (κ3) is 1.19. The molecule has 0 aliphatic heterocycles. The molecular formula is C10H13N3O. The van der Waals surface area contributed by atoms with E-state index in [4.69, 9.17) is 10.5 Å². The number of imidazole rings is 1. The fourth-order valence-electron chi connectivity index (χ4n) is 1.58.